The molecule has 1 heterocycles. The maximum atomic E-state index is 12.1. The van der Waals surface area contributed by atoms with Gasteiger partial charge in [-0.1, -0.05) is 18.9 Å². The number of nitrogens with zero attached hydrogens (tertiary/aromatic N) is 1. The molecule has 1 unspecified atom stereocenters. The number of anilines is 1. The van der Waals surface area contributed by atoms with Gasteiger partial charge < -0.3 is 16.0 Å². The molecule has 0 spiro atoms. The number of guanidine groups is 1. The Morgan fingerprint density at radius 1 is 1.35 bits per heavy atom. The number of hydrogen-bond donors (Lipinski definition) is 3. The number of halogens is 1. The van der Waals surface area contributed by atoms with Gasteiger partial charge in [0, 0.05) is 24.8 Å². The third-order valence-corrected chi connectivity index (χ3v) is 4.34. The summed E-state index contributed by atoms with van der Waals surface area (Å²) in [5.74, 6) is 3.34. The van der Waals surface area contributed by atoms with E-state index < -0.39 is 0 Å². The summed E-state index contributed by atoms with van der Waals surface area (Å²) in [6, 6.07) is 9.30. The SMILES string of the molecule is C#Cc1cccc(NC(=O)CNC(=NC)NCC(C)c2ccsc2)c1.I. The zero-order chi connectivity index (χ0) is 18.1. The zero-order valence-electron chi connectivity index (χ0n) is 14.8. The van der Waals surface area contributed by atoms with Gasteiger partial charge in [0.1, 0.15) is 0 Å². The fourth-order valence-corrected chi connectivity index (χ4v) is 2.98. The molecule has 0 radical (unpaired) electrons. The van der Waals surface area contributed by atoms with Crippen LogP contribution in [-0.4, -0.2) is 32.0 Å². The number of amides is 1. The first-order valence-electron chi connectivity index (χ1n) is 7.95. The Balaban J connectivity index is 0.00000338. The second-order valence-electron chi connectivity index (χ2n) is 5.54. The Bertz CT molecular complexity index is 768. The van der Waals surface area contributed by atoms with Crippen LogP contribution in [0.15, 0.2) is 46.1 Å². The molecule has 7 heteroatoms. The minimum Gasteiger partial charge on any atom is -0.356 e. The van der Waals surface area contributed by atoms with Gasteiger partial charge in [-0.25, -0.2) is 0 Å². The summed E-state index contributed by atoms with van der Waals surface area (Å²) in [7, 11) is 1.68. The van der Waals surface area contributed by atoms with Crippen molar-refractivity contribution in [2.75, 3.05) is 25.5 Å². The monoisotopic (exact) mass is 482 g/mol. The first-order valence-corrected chi connectivity index (χ1v) is 8.89. The zero-order valence-corrected chi connectivity index (χ0v) is 17.9. The first kappa shape index (κ1) is 22.0. The molecule has 2 rings (SSSR count). The quantitative estimate of drug-likeness (QED) is 0.256. The van der Waals surface area contributed by atoms with Gasteiger partial charge in [0.15, 0.2) is 5.96 Å². The lowest BCUT2D eigenvalue weighted by Crippen LogP contribution is -2.42. The third kappa shape index (κ3) is 7.06. The van der Waals surface area contributed by atoms with Crippen molar-refractivity contribution in [1.29, 1.82) is 0 Å². The normalized spacial score (nSPS) is 11.7. The topological polar surface area (TPSA) is 65.5 Å². The van der Waals surface area contributed by atoms with Crippen LogP contribution in [0.3, 0.4) is 0 Å². The molecule has 0 aliphatic rings. The predicted octanol–water partition coefficient (Wildman–Crippen LogP) is 3.25. The molecule has 138 valence electrons. The van der Waals surface area contributed by atoms with Gasteiger partial charge in [-0.15, -0.1) is 30.4 Å². The van der Waals surface area contributed by atoms with Crippen molar-refractivity contribution in [2.24, 2.45) is 4.99 Å². The molecule has 0 fully saturated rings. The Morgan fingerprint density at radius 2 is 2.15 bits per heavy atom. The van der Waals surface area contributed by atoms with E-state index in [1.165, 1.54) is 5.56 Å². The highest BCUT2D eigenvalue weighted by Gasteiger charge is 2.08. The molecule has 1 atom stereocenters. The van der Waals surface area contributed by atoms with Crippen molar-refractivity contribution in [3.05, 3.63) is 52.2 Å². The lowest BCUT2D eigenvalue weighted by molar-refractivity contribution is -0.115. The molecule has 0 bridgehead atoms. The van der Waals surface area contributed by atoms with Crippen LogP contribution < -0.4 is 16.0 Å². The highest BCUT2D eigenvalue weighted by atomic mass is 127. The van der Waals surface area contributed by atoms with Crippen molar-refractivity contribution in [3.8, 4) is 12.3 Å². The molecular formula is C19H23IN4OS. The minimum atomic E-state index is -0.164. The van der Waals surface area contributed by atoms with Crippen molar-refractivity contribution in [2.45, 2.75) is 12.8 Å². The summed E-state index contributed by atoms with van der Waals surface area (Å²) < 4.78 is 0. The van der Waals surface area contributed by atoms with E-state index >= 15 is 0 Å². The van der Waals surface area contributed by atoms with E-state index in [9.17, 15) is 4.79 Å². The van der Waals surface area contributed by atoms with Crippen molar-refractivity contribution < 1.29 is 4.79 Å². The molecule has 2 aromatic rings. The number of aliphatic imine (C=N–C) groups is 1. The van der Waals surface area contributed by atoms with E-state index in [1.807, 2.05) is 12.1 Å². The first-order chi connectivity index (χ1) is 12.1. The molecule has 0 aliphatic carbocycles. The second kappa shape index (κ2) is 11.5. The Kier molecular flexibility index (Phi) is 9.76. The molecule has 1 aromatic carbocycles. The highest BCUT2D eigenvalue weighted by Crippen LogP contribution is 2.16. The smallest absolute Gasteiger partial charge is 0.243 e. The molecular weight excluding hydrogens is 459 g/mol. The second-order valence-corrected chi connectivity index (χ2v) is 6.32. The van der Waals surface area contributed by atoms with Crippen LogP contribution in [0.25, 0.3) is 0 Å². The van der Waals surface area contributed by atoms with Crippen LogP contribution in [0.4, 0.5) is 5.69 Å². The van der Waals surface area contributed by atoms with E-state index in [0.717, 1.165) is 12.1 Å². The number of terminal acetylenes is 1. The summed E-state index contributed by atoms with van der Waals surface area (Å²) >= 11 is 1.69. The van der Waals surface area contributed by atoms with E-state index in [2.05, 4.69) is 50.6 Å². The van der Waals surface area contributed by atoms with Crippen LogP contribution in [0, 0.1) is 12.3 Å². The fourth-order valence-electron chi connectivity index (χ4n) is 2.20. The van der Waals surface area contributed by atoms with Crippen molar-refractivity contribution in [1.82, 2.24) is 10.6 Å². The van der Waals surface area contributed by atoms with E-state index in [0.29, 0.717) is 17.6 Å². The predicted molar refractivity (Wildman–Crippen MR) is 121 cm³/mol. The van der Waals surface area contributed by atoms with E-state index in [-0.39, 0.29) is 36.4 Å². The van der Waals surface area contributed by atoms with Gasteiger partial charge in [-0.2, -0.15) is 11.3 Å². The lowest BCUT2D eigenvalue weighted by atomic mass is 10.1. The van der Waals surface area contributed by atoms with Crippen molar-refractivity contribution in [3.63, 3.8) is 0 Å². The van der Waals surface area contributed by atoms with Crippen LogP contribution in [-0.2, 0) is 4.79 Å². The average molecular weight is 482 g/mol. The lowest BCUT2D eigenvalue weighted by Gasteiger charge is -2.15. The molecule has 3 N–H and O–H groups in total. The minimum absolute atomic E-state index is 0. The maximum absolute atomic E-state index is 12.1. The third-order valence-electron chi connectivity index (χ3n) is 3.64. The van der Waals surface area contributed by atoms with E-state index in [1.54, 1.807) is 30.5 Å². The number of rotatable bonds is 6. The van der Waals surface area contributed by atoms with Crippen LogP contribution in [0.5, 0.6) is 0 Å². The van der Waals surface area contributed by atoms with Crippen LogP contribution >= 0.6 is 35.3 Å². The molecule has 0 aliphatic heterocycles. The van der Waals surface area contributed by atoms with Gasteiger partial charge in [0.05, 0.1) is 6.54 Å². The molecule has 0 saturated carbocycles. The number of thiophene rings is 1. The maximum Gasteiger partial charge on any atom is 0.243 e. The summed E-state index contributed by atoms with van der Waals surface area (Å²) in [5, 5.41) is 13.3. The fraction of sp³-hybridized carbons (Fsp3) is 0.263. The summed E-state index contributed by atoms with van der Waals surface area (Å²) in [5.41, 5.74) is 2.70. The van der Waals surface area contributed by atoms with Gasteiger partial charge in [0.2, 0.25) is 5.91 Å². The summed E-state index contributed by atoms with van der Waals surface area (Å²) in [4.78, 5) is 16.2. The number of nitrogens with one attached hydrogen (secondary N) is 3. The van der Waals surface area contributed by atoms with E-state index in [4.69, 9.17) is 6.42 Å². The largest absolute Gasteiger partial charge is 0.356 e. The molecule has 0 saturated heterocycles. The number of benzene rings is 1. The Hall–Kier alpha value is -2.05. The molecule has 1 aromatic heterocycles. The summed E-state index contributed by atoms with van der Waals surface area (Å²) in [6.07, 6.45) is 5.36. The molecule has 26 heavy (non-hydrogen) atoms. The van der Waals surface area contributed by atoms with Gasteiger partial charge in [0.25, 0.3) is 0 Å². The van der Waals surface area contributed by atoms with Gasteiger partial charge in [-0.3, -0.25) is 9.79 Å². The Morgan fingerprint density at radius 3 is 2.81 bits per heavy atom. The van der Waals surface area contributed by atoms with Crippen LogP contribution in [0.1, 0.15) is 24.0 Å². The van der Waals surface area contributed by atoms with Crippen molar-refractivity contribution >= 4 is 52.9 Å². The molecule has 5 nitrogen and oxygen atoms in total. The number of carbonyl (C=O) groups is 1. The standard InChI is InChI=1S/C19H22N4OS.HI/c1-4-15-6-5-7-17(10-15)23-18(24)12-22-19(20-3)21-11-14(2)16-8-9-25-13-16;/h1,5-10,13-14H,11-12H2,2-3H3,(H,23,24)(H2,20,21,22);1H. The highest BCUT2D eigenvalue weighted by molar-refractivity contribution is 14.0. The summed E-state index contributed by atoms with van der Waals surface area (Å²) in [6.45, 7) is 3.00. The number of carbonyl (C=O) groups excluding carboxylic acids is 1. The number of hydrogen-bond acceptors (Lipinski definition) is 3. The Labute approximate surface area is 175 Å². The van der Waals surface area contributed by atoms with Crippen LogP contribution in [0.2, 0.25) is 0 Å². The van der Waals surface area contributed by atoms with Gasteiger partial charge in [-0.05, 0) is 46.5 Å². The van der Waals surface area contributed by atoms with Gasteiger partial charge >= 0.3 is 0 Å². The average Bonchev–Trinajstić information content (AvgIpc) is 3.16. The molecule has 1 amide bonds.